The topological polar surface area (TPSA) is 88.6 Å². The highest BCUT2D eigenvalue weighted by atomic mass is 32.2. The Labute approximate surface area is 198 Å². The fourth-order valence-corrected chi connectivity index (χ4v) is 6.48. The maximum Gasteiger partial charge on any atom is 0.257 e. The Hall–Kier alpha value is -2.75. The minimum absolute atomic E-state index is 0.0500. The Kier molecular flexibility index (Phi) is 6.83. The maximum absolute atomic E-state index is 13.2. The largest absolute Gasteiger partial charge is 0.496 e. The van der Waals surface area contributed by atoms with Crippen molar-refractivity contribution in [3.05, 3.63) is 59.0 Å². The number of hydrogen-bond donors (Lipinski definition) is 1. The number of amides is 1. The number of aromatic nitrogens is 1. The summed E-state index contributed by atoms with van der Waals surface area (Å²) in [6.07, 6.45) is 2.72. The first-order chi connectivity index (χ1) is 15.8. The van der Waals surface area contributed by atoms with Crippen molar-refractivity contribution in [1.29, 1.82) is 0 Å². The van der Waals surface area contributed by atoms with Gasteiger partial charge in [0.1, 0.15) is 5.75 Å². The summed E-state index contributed by atoms with van der Waals surface area (Å²) in [7, 11) is -2.07. The van der Waals surface area contributed by atoms with Gasteiger partial charge < -0.3 is 4.74 Å². The zero-order valence-electron chi connectivity index (χ0n) is 18.9. The third-order valence-electron chi connectivity index (χ3n) is 5.91. The summed E-state index contributed by atoms with van der Waals surface area (Å²) in [4.78, 5) is 17.7. The van der Waals surface area contributed by atoms with E-state index in [4.69, 9.17) is 4.74 Å². The third-order valence-corrected chi connectivity index (χ3v) is 8.68. The van der Waals surface area contributed by atoms with Crippen LogP contribution in [0.5, 0.6) is 5.75 Å². The van der Waals surface area contributed by atoms with Crippen molar-refractivity contribution in [2.24, 2.45) is 0 Å². The number of anilines is 1. The number of aryl methyl sites for hydroxylation is 1. The van der Waals surface area contributed by atoms with Crippen molar-refractivity contribution in [2.75, 3.05) is 19.0 Å². The van der Waals surface area contributed by atoms with Crippen LogP contribution in [0.15, 0.2) is 52.7 Å². The van der Waals surface area contributed by atoms with E-state index in [9.17, 15) is 13.2 Å². The van der Waals surface area contributed by atoms with E-state index in [0.717, 1.165) is 24.8 Å². The molecule has 4 rings (SSSR count). The van der Waals surface area contributed by atoms with Gasteiger partial charge in [-0.05, 0) is 56.5 Å². The SMILES string of the molecule is COc1ccccc1-c1csc(NC(=O)c2cc(S(=O)(=O)N3CCCCC3C)ccc2C)n1. The van der Waals surface area contributed by atoms with Gasteiger partial charge in [-0.15, -0.1) is 11.3 Å². The van der Waals surface area contributed by atoms with Crippen LogP contribution in [-0.2, 0) is 10.0 Å². The maximum atomic E-state index is 13.2. The lowest BCUT2D eigenvalue weighted by atomic mass is 10.1. The minimum Gasteiger partial charge on any atom is -0.496 e. The molecule has 33 heavy (non-hydrogen) atoms. The molecule has 0 saturated carbocycles. The van der Waals surface area contributed by atoms with Crippen LogP contribution in [0.1, 0.15) is 42.1 Å². The summed E-state index contributed by atoms with van der Waals surface area (Å²) >= 11 is 1.30. The van der Waals surface area contributed by atoms with Crippen LogP contribution in [0.3, 0.4) is 0 Å². The van der Waals surface area contributed by atoms with Gasteiger partial charge in [0.05, 0.1) is 17.7 Å². The highest BCUT2D eigenvalue weighted by molar-refractivity contribution is 7.89. The Balaban J connectivity index is 1.58. The number of carbonyl (C=O) groups is 1. The van der Waals surface area contributed by atoms with Gasteiger partial charge in [-0.1, -0.05) is 24.6 Å². The van der Waals surface area contributed by atoms with Crippen molar-refractivity contribution in [2.45, 2.75) is 44.0 Å². The van der Waals surface area contributed by atoms with Crippen molar-refractivity contribution >= 4 is 32.4 Å². The van der Waals surface area contributed by atoms with Gasteiger partial charge in [0.25, 0.3) is 5.91 Å². The van der Waals surface area contributed by atoms with Crippen LogP contribution in [0.4, 0.5) is 5.13 Å². The first kappa shape index (κ1) is 23.4. The molecule has 3 aromatic rings. The van der Waals surface area contributed by atoms with Crippen LogP contribution in [0, 0.1) is 6.92 Å². The van der Waals surface area contributed by atoms with Gasteiger partial charge in [-0.3, -0.25) is 10.1 Å². The average molecular weight is 486 g/mol. The Morgan fingerprint density at radius 2 is 2.00 bits per heavy atom. The molecule has 9 heteroatoms. The summed E-state index contributed by atoms with van der Waals surface area (Å²) in [5, 5.41) is 5.09. The zero-order valence-corrected chi connectivity index (χ0v) is 20.5. The highest BCUT2D eigenvalue weighted by Crippen LogP contribution is 2.32. The van der Waals surface area contributed by atoms with Gasteiger partial charge in [-0.2, -0.15) is 4.31 Å². The number of methoxy groups -OCH3 is 1. The van der Waals surface area contributed by atoms with Crippen LogP contribution in [-0.4, -0.2) is 43.3 Å². The Morgan fingerprint density at radius 3 is 2.76 bits per heavy atom. The van der Waals surface area contributed by atoms with Gasteiger partial charge >= 0.3 is 0 Å². The van der Waals surface area contributed by atoms with Gasteiger partial charge in [0.15, 0.2) is 5.13 Å². The van der Waals surface area contributed by atoms with Crippen LogP contribution in [0.2, 0.25) is 0 Å². The number of carbonyl (C=O) groups excluding carboxylic acids is 1. The molecule has 1 aliphatic heterocycles. The summed E-state index contributed by atoms with van der Waals surface area (Å²) in [6, 6.07) is 12.2. The molecule has 1 amide bonds. The van der Waals surface area contributed by atoms with Crippen molar-refractivity contribution in [3.63, 3.8) is 0 Å². The predicted octanol–water partition coefficient (Wildman–Crippen LogP) is 4.94. The number of thiazole rings is 1. The fraction of sp³-hybridized carbons (Fsp3) is 0.333. The van der Waals surface area contributed by atoms with E-state index in [1.807, 2.05) is 36.6 Å². The van der Waals surface area contributed by atoms with Crippen molar-refractivity contribution in [1.82, 2.24) is 9.29 Å². The molecule has 1 aliphatic rings. The quantitative estimate of drug-likeness (QED) is 0.534. The highest BCUT2D eigenvalue weighted by Gasteiger charge is 2.31. The molecular formula is C24H27N3O4S2. The standard InChI is InChI=1S/C24H27N3O4S2/c1-16-11-12-18(33(29,30)27-13-7-6-8-17(27)2)14-20(16)23(28)26-24-25-21(15-32-24)19-9-4-5-10-22(19)31-3/h4-5,9-12,14-15,17H,6-8,13H2,1-3H3,(H,25,26,28). The molecule has 1 N–H and O–H groups in total. The lowest BCUT2D eigenvalue weighted by Gasteiger charge is -2.32. The summed E-state index contributed by atoms with van der Waals surface area (Å²) in [5.41, 5.74) is 2.53. The molecule has 1 atom stereocenters. The van der Waals surface area contributed by atoms with Crippen LogP contribution >= 0.6 is 11.3 Å². The number of hydrogen-bond acceptors (Lipinski definition) is 6. The molecule has 7 nitrogen and oxygen atoms in total. The van der Waals surface area contributed by atoms with Gasteiger partial charge in [-0.25, -0.2) is 13.4 Å². The smallest absolute Gasteiger partial charge is 0.257 e. The lowest BCUT2D eigenvalue weighted by molar-refractivity contribution is 0.102. The monoisotopic (exact) mass is 485 g/mol. The first-order valence-corrected chi connectivity index (χ1v) is 13.2. The van der Waals surface area contributed by atoms with E-state index < -0.39 is 15.9 Å². The molecule has 0 bridgehead atoms. The lowest BCUT2D eigenvalue weighted by Crippen LogP contribution is -2.42. The third kappa shape index (κ3) is 4.80. The molecule has 0 aliphatic carbocycles. The molecule has 1 unspecified atom stereocenters. The number of benzene rings is 2. The number of ether oxygens (including phenoxy) is 1. The first-order valence-electron chi connectivity index (χ1n) is 10.8. The second kappa shape index (κ2) is 9.62. The molecule has 2 heterocycles. The predicted molar refractivity (Wildman–Crippen MR) is 130 cm³/mol. The second-order valence-electron chi connectivity index (χ2n) is 8.13. The number of piperidine rings is 1. The van der Waals surface area contributed by atoms with E-state index in [1.54, 1.807) is 30.5 Å². The van der Waals surface area contributed by atoms with Crippen molar-refractivity contribution < 1.29 is 17.9 Å². The summed E-state index contributed by atoms with van der Waals surface area (Å²) in [6.45, 7) is 4.22. The summed E-state index contributed by atoms with van der Waals surface area (Å²) in [5.74, 6) is 0.304. The number of nitrogens with zero attached hydrogens (tertiary/aromatic N) is 2. The number of sulfonamides is 1. The normalized spacial score (nSPS) is 17.0. The number of nitrogens with one attached hydrogen (secondary N) is 1. The summed E-state index contributed by atoms with van der Waals surface area (Å²) < 4.78 is 33.4. The molecule has 0 radical (unpaired) electrons. The molecule has 1 fully saturated rings. The molecule has 0 spiro atoms. The van der Waals surface area contributed by atoms with Gasteiger partial charge in [0, 0.05) is 29.1 Å². The number of rotatable bonds is 6. The zero-order chi connectivity index (χ0) is 23.6. The minimum atomic E-state index is -3.67. The van der Waals surface area contributed by atoms with Gasteiger partial charge in [0.2, 0.25) is 10.0 Å². The average Bonchev–Trinajstić information content (AvgIpc) is 3.27. The van der Waals surface area contributed by atoms with Crippen LogP contribution in [0.25, 0.3) is 11.3 Å². The molecule has 1 aromatic heterocycles. The molecule has 174 valence electrons. The van der Waals surface area contributed by atoms with E-state index in [2.05, 4.69) is 10.3 Å². The van der Waals surface area contributed by atoms with E-state index in [1.165, 1.54) is 17.4 Å². The van der Waals surface area contributed by atoms with Crippen molar-refractivity contribution in [3.8, 4) is 17.0 Å². The van der Waals surface area contributed by atoms with E-state index >= 15 is 0 Å². The Morgan fingerprint density at radius 1 is 1.21 bits per heavy atom. The van der Waals surface area contributed by atoms with E-state index in [-0.39, 0.29) is 10.9 Å². The second-order valence-corrected chi connectivity index (χ2v) is 10.9. The van der Waals surface area contributed by atoms with E-state index in [0.29, 0.717) is 34.2 Å². The molecule has 2 aromatic carbocycles. The fourth-order valence-electron chi connectivity index (χ4n) is 4.05. The Bertz CT molecular complexity index is 1270. The number of para-hydroxylation sites is 1. The molecular weight excluding hydrogens is 458 g/mol. The molecule has 1 saturated heterocycles. The van der Waals surface area contributed by atoms with Crippen LogP contribution < -0.4 is 10.1 Å².